The minimum Gasteiger partial charge on any atom is -0.449 e. The first-order chi connectivity index (χ1) is 18.1. The Hall–Kier alpha value is -1.92. The topological polar surface area (TPSA) is 171 Å². The number of aliphatic hydroxyl groups is 1. The van der Waals surface area contributed by atoms with E-state index in [9.17, 15) is 32.5 Å². The number of carbonyl (C=O) groups excluding carboxylic acids is 3. The van der Waals surface area contributed by atoms with Crippen molar-refractivity contribution in [1.29, 1.82) is 0 Å². The van der Waals surface area contributed by atoms with Gasteiger partial charge in [0.2, 0.25) is 17.3 Å². The Kier molecular flexibility index (Phi) is 7.58. The Bertz CT molecular complexity index is 1030. The Morgan fingerprint density at radius 2 is 1.76 bits per heavy atom. The normalized spacial score (nSPS) is 34.2. The number of carbonyl (C=O) groups is 3. The molecule has 0 aromatic heterocycles. The van der Waals surface area contributed by atoms with Gasteiger partial charge in [-0.05, 0) is 81.5 Å². The van der Waals surface area contributed by atoms with Crippen LogP contribution in [0.3, 0.4) is 0 Å². The van der Waals surface area contributed by atoms with Gasteiger partial charge in [0.1, 0.15) is 6.04 Å². The van der Waals surface area contributed by atoms with Gasteiger partial charge in [-0.25, -0.2) is 4.79 Å². The summed E-state index contributed by atoms with van der Waals surface area (Å²) in [6, 6.07) is -2.76. The maximum absolute atomic E-state index is 13.2. The molecule has 5 fully saturated rings. The molecule has 4 atom stereocenters. The molecule has 1 saturated heterocycles. The van der Waals surface area contributed by atoms with Crippen molar-refractivity contribution in [3.05, 3.63) is 0 Å². The van der Waals surface area contributed by atoms with Crippen LogP contribution in [0.4, 0.5) is 4.79 Å². The van der Waals surface area contributed by atoms with E-state index in [2.05, 4.69) is 16.0 Å². The van der Waals surface area contributed by atoms with Gasteiger partial charge in [-0.1, -0.05) is 13.8 Å². The van der Waals surface area contributed by atoms with Gasteiger partial charge in [-0.2, -0.15) is 8.42 Å². The molecule has 0 spiro atoms. The van der Waals surface area contributed by atoms with Crippen LogP contribution in [-0.2, 0) is 24.4 Å². The SMILES string of the molecule is [2H]C([2H])(OC(=O)N[C@@H](CC(C)C)C(=O)N[C@@H](C[C@H]1CCNC1=O)C(O)S(=O)(=O)O)C12CC3CC(CC(C3)C1)C2. The highest BCUT2D eigenvalue weighted by Gasteiger charge is 2.51. The molecule has 5 rings (SSSR count). The van der Waals surface area contributed by atoms with E-state index >= 15 is 0 Å². The van der Waals surface area contributed by atoms with Crippen molar-refractivity contribution < 1.29 is 39.9 Å². The summed E-state index contributed by atoms with van der Waals surface area (Å²) in [6.07, 6.45) is 4.41. The van der Waals surface area contributed by atoms with E-state index < -0.39 is 57.5 Å². The van der Waals surface area contributed by atoms with Crippen LogP contribution in [0.15, 0.2) is 0 Å². The number of hydrogen-bond donors (Lipinski definition) is 5. The van der Waals surface area contributed by atoms with Crippen molar-refractivity contribution in [2.24, 2.45) is 35.0 Å². The molecular formula is C25H41N3O8S. The van der Waals surface area contributed by atoms with E-state index in [1.165, 1.54) is 0 Å². The first kappa shape index (κ1) is 25.4. The molecule has 4 saturated carbocycles. The van der Waals surface area contributed by atoms with Gasteiger partial charge in [0.15, 0.2) is 0 Å². The molecule has 0 aromatic rings. The zero-order valence-corrected chi connectivity index (χ0v) is 22.3. The molecule has 210 valence electrons. The van der Waals surface area contributed by atoms with Crippen molar-refractivity contribution in [1.82, 2.24) is 16.0 Å². The van der Waals surface area contributed by atoms with Crippen LogP contribution in [0, 0.1) is 35.0 Å². The summed E-state index contributed by atoms with van der Waals surface area (Å²) >= 11 is 0. The molecular weight excluding hydrogens is 502 g/mol. The quantitative estimate of drug-likeness (QED) is 0.243. The van der Waals surface area contributed by atoms with Crippen LogP contribution in [0.1, 0.15) is 74.4 Å². The summed E-state index contributed by atoms with van der Waals surface area (Å²) in [5.41, 5.74) is -3.13. The van der Waals surface area contributed by atoms with Crippen molar-refractivity contribution >= 4 is 28.0 Å². The average molecular weight is 546 g/mol. The van der Waals surface area contributed by atoms with E-state index in [1.807, 2.05) is 0 Å². The second-order valence-electron chi connectivity index (χ2n) is 12.0. The van der Waals surface area contributed by atoms with Crippen LogP contribution in [0.5, 0.6) is 0 Å². The summed E-state index contributed by atoms with van der Waals surface area (Å²) in [5, 5.41) is 17.7. The lowest BCUT2D eigenvalue weighted by molar-refractivity contribution is -0.126. The van der Waals surface area contributed by atoms with E-state index in [-0.39, 0.29) is 24.7 Å². The lowest BCUT2D eigenvalue weighted by atomic mass is 9.50. The van der Waals surface area contributed by atoms with Crippen molar-refractivity contribution in [3.63, 3.8) is 0 Å². The van der Waals surface area contributed by atoms with E-state index in [4.69, 9.17) is 7.48 Å². The Balaban J connectivity index is 1.44. The predicted octanol–water partition coefficient (Wildman–Crippen LogP) is 1.56. The first-order valence-electron chi connectivity index (χ1n) is 14.3. The molecule has 1 unspecified atom stereocenters. The molecule has 4 aliphatic carbocycles. The van der Waals surface area contributed by atoms with Gasteiger partial charge in [-0.3, -0.25) is 14.1 Å². The second kappa shape index (κ2) is 11.1. The summed E-state index contributed by atoms with van der Waals surface area (Å²) in [5.74, 6) is -0.680. The monoisotopic (exact) mass is 545 g/mol. The minimum absolute atomic E-state index is 0.105. The molecule has 12 heteroatoms. The molecule has 3 amide bonds. The van der Waals surface area contributed by atoms with Crippen LogP contribution >= 0.6 is 0 Å². The number of aliphatic hydroxyl groups excluding tert-OH is 1. The third-order valence-electron chi connectivity index (χ3n) is 8.39. The number of rotatable bonds is 11. The molecule has 4 bridgehead atoms. The standard InChI is InChI=1S/C25H41N3O8S/c1-14(2)5-19(22(30)27-20(23(31)37(33,34)35)9-18-3-4-26-21(18)29)28-24(32)36-13-25-10-15-6-16(11-25)8-17(7-15)12-25/h14-20,23,31H,3-13H2,1-2H3,(H,26,29)(H,27,30)(H,28,32)(H,33,34,35)/t15?,16?,17?,18-,19+,20+,23?,25?/m1/s1/i13D2. The fourth-order valence-corrected chi connectivity index (χ4v) is 7.77. The van der Waals surface area contributed by atoms with E-state index in [0.29, 0.717) is 50.0 Å². The average Bonchev–Trinajstić information content (AvgIpc) is 3.19. The number of nitrogens with one attached hydrogen (secondary N) is 3. The van der Waals surface area contributed by atoms with E-state index in [1.54, 1.807) is 13.8 Å². The third kappa shape index (κ3) is 6.94. The highest BCUT2D eigenvalue weighted by Crippen LogP contribution is 2.60. The zero-order valence-electron chi connectivity index (χ0n) is 23.4. The minimum atomic E-state index is -4.98. The van der Waals surface area contributed by atoms with Gasteiger partial charge in [0, 0.05) is 17.9 Å². The molecule has 37 heavy (non-hydrogen) atoms. The highest BCUT2D eigenvalue weighted by molar-refractivity contribution is 7.86. The van der Waals surface area contributed by atoms with Crippen LogP contribution in [-0.4, -0.2) is 66.6 Å². The van der Waals surface area contributed by atoms with Crippen molar-refractivity contribution in [2.75, 3.05) is 13.1 Å². The second-order valence-corrected chi connectivity index (χ2v) is 13.6. The van der Waals surface area contributed by atoms with Gasteiger partial charge in [0.25, 0.3) is 10.1 Å². The molecule has 5 aliphatic rings. The van der Waals surface area contributed by atoms with Gasteiger partial charge >= 0.3 is 6.09 Å². The van der Waals surface area contributed by atoms with Crippen LogP contribution < -0.4 is 16.0 Å². The molecule has 0 radical (unpaired) electrons. The summed E-state index contributed by atoms with van der Waals surface area (Å²) in [6.45, 7) is 1.73. The molecule has 5 N–H and O–H groups in total. The largest absolute Gasteiger partial charge is 0.449 e. The molecule has 11 nitrogen and oxygen atoms in total. The lowest BCUT2D eigenvalue weighted by Gasteiger charge is -2.56. The Morgan fingerprint density at radius 3 is 2.24 bits per heavy atom. The molecule has 1 aliphatic heterocycles. The predicted molar refractivity (Wildman–Crippen MR) is 134 cm³/mol. The highest BCUT2D eigenvalue weighted by atomic mass is 32.2. The van der Waals surface area contributed by atoms with Crippen LogP contribution in [0.25, 0.3) is 0 Å². The van der Waals surface area contributed by atoms with Gasteiger partial charge < -0.3 is 25.8 Å². The first-order valence-corrected chi connectivity index (χ1v) is 14.8. The zero-order chi connectivity index (χ0) is 28.8. The summed E-state index contributed by atoms with van der Waals surface area (Å²) in [7, 11) is -4.98. The maximum atomic E-state index is 13.2. The molecule has 1 heterocycles. The smallest absolute Gasteiger partial charge is 0.407 e. The van der Waals surface area contributed by atoms with E-state index in [0.717, 1.165) is 19.3 Å². The number of ether oxygens (including phenoxy) is 1. The number of amides is 3. The van der Waals surface area contributed by atoms with Gasteiger partial charge in [0.05, 0.1) is 15.3 Å². The van der Waals surface area contributed by atoms with Crippen LogP contribution in [0.2, 0.25) is 0 Å². The fraction of sp³-hybridized carbons (Fsp3) is 0.880. The maximum Gasteiger partial charge on any atom is 0.407 e. The third-order valence-corrected chi connectivity index (χ3v) is 9.33. The Morgan fingerprint density at radius 1 is 1.16 bits per heavy atom. The summed E-state index contributed by atoms with van der Waals surface area (Å²) < 4.78 is 55.6. The fourth-order valence-electron chi connectivity index (χ4n) is 7.18. The number of hydrogen-bond acceptors (Lipinski definition) is 7. The molecule has 0 aromatic carbocycles. The number of alkyl carbamates (subject to hydrolysis) is 1. The summed E-state index contributed by atoms with van der Waals surface area (Å²) in [4.78, 5) is 38.2. The Labute approximate surface area is 221 Å². The van der Waals surface area contributed by atoms with Gasteiger partial charge in [-0.15, -0.1) is 0 Å². The van der Waals surface area contributed by atoms with Crippen molar-refractivity contribution in [2.45, 2.75) is 89.2 Å². The van der Waals surface area contributed by atoms with Crippen molar-refractivity contribution in [3.8, 4) is 0 Å². The lowest BCUT2D eigenvalue weighted by Crippen LogP contribution is -2.55.